The minimum Gasteiger partial charge on any atom is -0.508 e. The van der Waals surface area contributed by atoms with Crippen molar-refractivity contribution >= 4 is 0 Å². The third-order valence-electron chi connectivity index (χ3n) is 5.80. The van der Waals surface area contributed by atoms with Crippen molar-refractivity contribution in [3.8, 4) is 17.1 Å². The summed E-state index contributed by atoms with van der Waals surface area (Å²) in [4.78, 5) is 13.8. The fraction of sp³-hybridized carbons (Fsp3) is 0.524. The van der Waals surface area contributed by atoms with E-state index in [1.165, 1.54) is 32.1 Å². The number of benzene rings is 1. The maximum atomic E-state index is 10.3. The van der Waals surface area contributed by atoms with Gasteiger partial charge in [-0.3, -0.25) is 9.80 Å². The van der Waals surface area contributed by atoms with Crippen molar-refractivity contribution in [3.05, 3.63) is 42.2 Å². The predicted molar refractivity (Wildman–Crippen MR) is 103 cm³/mol. The molecule has 1 aliphatic heterocycles. The Morgan fingerprint density at radius 2 is 1.69 bits per heavy atom. The molecule has 4 rings (SSSR count). The predicted octanol–water partition coefficient (Wildman–Crippen LogP) is 3.30. The van der Waals surface area contributed by atoms with Crippen LogP contribution >= 0.6 is 0 Å². The van der Waals surface area contributed by atoms with Crippen molar-refractivity contribution in [2.75, 3.05) is 26.2 Å². The molecule has 1 saturated carbocycles. The molecule has 1 aliphatic carbocycles. The summed E-state index contributed by atoms with van der Waals surface area (Å²) in [7, 11) is 0. The van der Waals surface area contributed by atoms with E-state index in [0.29, 0.717) is 11.6 Å². The lowest BCUT2D eigenvalue weighted by Crippen LogP contribution is -2.50. The van der Waals surface area contributed by atoms with Crippen LogP contribution in [-0.2, 0) is 6.54 Å². The Labute approximate surface area is 155 Å². The summed E-state index contributed by atoms with van der Waals surface area (Å²) in [6.45, 7) is 5.22. The van der Waals surface area contributed by atoms with Crippen LogP contribution in [0.2, 0.25) is 0 Å². The molecule has 0 atom stereocenters. The highest BCUT2D eigenvalue weighted by Crippen LogP contribution is 2.27. The van der Waals surface area contributed by atoms with E-state index in [2.05, 4.69) is 19.8 Å². The maximum Gasteiger partial charge on any atom is 0.159 e. The molecule has 0 radical (unpaired) electrons. The van der Waals surface area contributed by atoms with Crippen molar-refractivity contribution in [2.45, 2.75) is 44.7 Å². The molecule has 0 unspecified atom stereocenters. The SMILES string of the molecule is Oc1ccc(-c2ncccn2)cc1CN1CCN(C2CCCCC2)CC1. The molecule has 0 bridgehead atoms. The van der Waals surface area contributed by atoms with Gasteiger partial charge < -0.3 is 5.11 Å². The van der Waals surface area contributed by atoms with Crippen molar-refractivity contribution in [1.82, 2.24) is 19.8 Å². The van der Waals surface area contributed by atoms with E-state index in [1.54, 1.807) is 18.5 Å². The van der Waals surface area contributed by atoms with Gasteiger partial charge in [0.05, 0.1) is 0 Å². The molecule has 1 aromatic heterocycles. The molecule has 0 amide bonds. The van der Waals surface area contributed by atoms with Crippen molar-refractivity contribution in [2.24, 2.45) is 0 Å². The van der Waals surface area contributed by atoms with Gasteiger partial charge in [0.2, 0.25) is 0 Å². The Kier molecular flexibility index (Phi) is 5.46. The third kappa shape index (κ3) is 4.05. The van der Waals surface area contributed by atoms with Crippen LogP contribution in [-0.4, -0.2) is 57.1 Å². The zero-order valence-corrected chi connectivity index (χ0v) is 15.3. The van der Waals surface area contributed by atoms with Crippen LogP contribution in [0.4, 0.5) is 0 Å². The fourth-order valence-electron chi connectivity index (χ4n) is 4.27. The van der Waals surface area contributed by atoms with Crippen LogP contribution in [0.15, 0.2) is 36.7 Å². The monoisotopic (exact) mass is 352 g/mol. The molecule has 2 fully saturated rings. The molecule has 1 aromatic carbocycles. The summed E-state index contributed by atoms with van der Waals surface area (Å²) in [5, 5.41) is 10.3. The summed E-state index contributed by atoms with van der Waals surface area (Å²) < 4.78 is 0. The molecule has 26 heavy (non-hydrogen) atoms. The van der Waals surface area contributed by atoms with E-state index in [4.69, 9.17) is 0 Å². The molecule has 1 saturated heterocycles. The fourth-order valence-corrected chi connectivity index (χ4v) is 4.27. The van der Waals surface area contributed by atoms with Gasteiger partial charge in [0, 0.05) is 62.3 Å². The van der Waals surface area contributed by atoms with E-state index >= 15 is 0 Å². The van der Waals surface area contributed by atoms with Crippen LogP contribution in [0.1, 0.15) is 37.7 Å². The Hall–Kier alpha value is -1.98. The first-order valence-electron chi connectivity index (χ1n) is 9.85. The molecule has 2 aliphatic rings. The second-order valence-electron chi connectivity index (χ2n) is 7.52. The highest BCUT2D eigenvalue weighted by molar-refractivity contribution is 5.58. The molecule has 2 aromatic rings. The quantitative estimate of drug-likeness (QED) is 0.915. The van der Waals surface area contributed by atoms with Crippen LogP contribution in [0.3, 0.4) is 0 Å². The number of rotatable bonds is 4. The molecular weight excluding hydrogens is 324 g/mol. The first-order chi connectivity index (χ1) is 12.8. The van der Waals surface area contributed by atoms with E-state index in [1.807, 2.05) is 18.2 Å². The molecule has 5 heteroatoms. The smallest absolute Gasteiger partial charge is 0.159 e. The Morgan fingerprint density at radius 1 is 0.962 bits per heavy atom. The summed E-state index contributed by atoms with van der Waals surface area (Å²) in [6.07, 6.45) is 10.5. The minimum atomic E-state index is 0.361. The number of aromatic hydroxyl groups is 1. The van der Waals surface area contributed by atoms with Crippen LogP contribution in [0.5, 0.6) is 5.75 Å². The highest BCUT2D eigenvalue weighted by Gasteiger charge is 2.25. The normalized spacial score (nSPS) is 20.3. The lowest BCUT2D eigenvalue weighted by atomic mass is 9.94. The highest BCUT2D eigenvalue weighted by atomic mass is 16.3. The molecule has 138 valence electrons. The zero-order valence-electron chi connectivity index (χ0n) is 15.3. The van der Waals surface area contributed by atoms with Gasteiger partial charge in [-0.15, -0.1) is 0 Å². The van der Waals surface area contributed by atoms with Gasteiger partial charge in [-0.1, -0.05) is 19.3 Å². The van der Waals surface area contributed by atoms with Crippen LogP contribution in [0.25, 0.3) is 11.4 Å². The Balaban J connectivity index is 1.39. The lowest BCUT2D eigenvalue weighted by molar-refractivity contribution is 0.0751. The number of aromatic nitrogens is 2. The number of piperazine rings is 1. The third-order valence-corrected chi connectivity index (χ3v) is 5.80. The summed E-state index contributed by atoms with van der Waals surface area (Å²) >= 11 is 0. The molecule has 0 spiro atoms. The Bertz CT molecular complexity index is 707. The second kappa shape index (κ2) is 8.14. The van der Waals surface area contributed by atoms with Gasteiger partial charge in [-0.25, -0.2) is 9.97 Å². The van der Waals surface area contributed by atoms with Gasteiger partial charge in [0.1, 0.15) is 5.75 Å². The summed E-state index contributed by atoms with van der Waals surface area (Å²) in [6, 6.07) is 8.29. The first kappa shape index (κ1) is 17.4. The van der Waals surface area contributed by atoms with E-state index < -0.39 is 0 Å². The number of hydrogen-bond donors (Lipinski definition) is 1. The number of phenols is 1. The van der Waals surface area contributed by atoms with E-state index in [-0.39, 0.29) is 0 Å². The molecular formula is C21H28N4O. The van der Waals surface area contributed by atoms with E-state index in [0.717, 1.165) is 49.9 Å². The van der Waals surface area contributed by atoms with Crippen molar-refractivity contribution < 1.29 is 5.11 Å². The number of nitrogens with zero attached hydrogens (tertiary/aromatic N) is 4. The van der Waals surface area contributed by atoms with Gasteiger partial charge in [0.15, 0.2) is 5.82 Å². The van der Waals surface area contributed by atoms with Gasteiger partial charge >= 0.3 is 0 Å². The van der Waals surface area contributed by atoms with Crippen LogP contribution < -0.4 is 0 Å². The second-order valence-corrected chi connectivity index (χ2v) is 7.52. The van der Waals surface area contributed by atoms with Crippen molar-refractivity contribution in [3.63, 3.8) is 0 Å². The lowest BCUT2D eigenvalue weighted by Gasteiger charge is -2.40. The molecule has 5 nitrogen and oxygen atoms in total. The van der Waals surface area contributed by atoms with E-state index in [9.17, 15) is 5.11 Å². The minimum absolute atomic E-state index is 0.361. The molecule has 2 heterocycles. The summed E-state index contributed by atoms with van der Waals surface area (Å²) in [5.41, 5.74) is 1.92. The maximum absolute atomic E-state index is 10.3. The number of hydrogen-bond acceptors (Lipinski definition) is 5. The Morgan fingerprint density at radius 3 is 2.42 bits per heavy atom. The van der Waals surface area contributed by atoms with Gasteiger partial charge in [-0.05, 0) is 37.1 Å². The van der Waals surface area contributed by atoms with Crippen molar-refractivity contribution in [1.29, 1.82) is 0 Å². The average molecular weight is 352 g/mol. The van der Waals surface area contributed by atoms with Gasteiger partial charge in [0.25, 0.3) is 0 Å². The number of phenolic OH excluding ortho intramolecular Hbond substituents is 1. The standard InChI is InChI=1S/C21H28N4O/c26-20-8-7-17(21-22-9-4-10-23-21)15-18(20)16-24-11-13-25(14-12-24)19-5-2-1-3-6-19/h4,7-10,15,19,26H,1-3,5-6,11-14,16H2. The van der Waals surface area contributed by atoms with Gasteiger partial charge in [-0.2, -0.15) is 0 Å². The largest absolute Gasteiger partial charge is 0.508 e. The van der Waals surface area contributed by atoms with Crippen LogP contribution in [0, 0.1) is 0 Å². The summed E-state index contributed by atoms with van der Waals surface area (Å²) in [5.74, 6) is 1.07. The molecule has 1 N–H and O–H groups in total. The average Bonchev–Trinajstić information content (AvgIpc) is 2.71. The zero-order chi connectivity index (χ0) is 17.8. The first-order valence-corrected chi connectivity index (χ1v) is 9.85. The topological polar surface area (TPSA) is 52.5 Å².